The standard InChI is InChI=1S/C27H22FN3O2/c1-32-25-8-4-5-19(27(25)33-17-18-9-10-18)12-14-26-30-22-6-2-3-7-23(22)31(26)24-15-21(28)13-11-20(24)16-29/h2-8,11-15,18H,9-10,17H2,1H3/b14-12+. The molecule has 0 amide bonds. The van der Waals surface area contributed by atoms with Crippen molar-refractivity contribution in [2.24, 2.45) is 5.92 Å². The van der Waals surface area contributed by atoms with Crippen molar-refractivity contribution in [1.29, 1.82) is 5.26 Å². The van der Waals surface area contributed by atoms with Crippen LogP contribution in [0.5, 0.6) is 11.5 Å². The maximum absolute atomic E-state index is 14.2. The minimum absolute atomic E-state index is 0.365. The monoisotopic (exact) mass is 439 g/mol. The van der Waals surface area contributed by atoms with E-state index in [9.17, 15) is 9.65 Å². The first-order valence-electron chi connectivity index (χ1n) is 10.8. The van der Waals surface area contributed by atoms with Gasteiger partial charge in [0.2, 0.25) is 0 Å². The Hall–Kier alpha value is -4.11. The zero-order chi connectivity index (χ0) is 22.8. The molecule has 1 heterocycles. The van der Waals surface area contributed by atoms with Gasteiger partial charge in [0.25, 0.3) is 0 Å². The maximum Gasteiger partial charge on any atom is 0.168 e. The van der Waals surface area contributed by atoms with E-state index in [1.54, 1.807) is 11.7 Å². The molecule has 3 aromatic carbocycles. The van der Waals surface area contributed by atoms with Crippen molar-refractivity contribution in [3.63, 3.8) is 0 Å². The number of nitrogens with zero attached hydrogens (tertiary/aromatic N) is 3. The predicted molar refractivity (Wildman–Crippen MR) is 126 cm³/mol. The number of methoxy groups -OCH3 is 1. The van der Waals surface area contributed by atoms with Crippen molar-refractivity contribution in [2.45, 2.75) is 12.8 Å². The first-order chi connectivity index (χ1) is 16.2. The molecule has 0 aliphatic heterocycles. The summed E-state index contributed by atoms with van der Waals surface area (Å²) >= 11 is 0. The summed E-state index contributed by atoms with van der Waals surface area (Å²) in [6.07, 6.45) is 6.15. The molecule has 0 unspecified atom stereocenters. The average molecular weight is 439 g/mol. The Labute approximate surface area is 191 Å². The molecule has 1 aliphatic rings. The molecule has 4 aromatic rings. The molecule has 33 heavy (non-hydrogen) atoms. The molecule has 1 aromatic heterocycles. The van der Waals surface area contributed by atoms with Gasteiger partial charge in [-0.2, -0.15) is 5.26 Å². The van der Waals surface area contributed by atoms with Gasteiger partial charge in [0.15, 0.2) is 11.5 Å². The zero-order valence-electron chi connectivity index (χ0n) is 18.2. The number of benzene rings is 3. The summed E-state index contributed by atoms with van der Waals surface area (Å²) < 4.78 is 27.6. The van der Waals surface area contributed by atoms with Crippen LogP contribution in [0.4, 0.5) is 4.39 Å². The third-order valence-electron chi connectivity index (χ3n) is 5.71. The molecule has 0 radical (unpaired) electrons. The van der Waals surface area contributed by atoms with Gasteiger partial charge in [-0.05, 0) is 67.3 Å². The first-order valence-corrected chi connectivity index (χ1v) is 10.8. The summed E-state index contributed by atoms with van der Waals surface area (Å²) in [7, 11) is 1.62. The number of fused-ring (bicyclic) bond motifs is 1. The van der Waals surface area contributed by atoms with E-state index in [-0.39, 0.29) is 0 Å². The fourth-order valence-electron chi connectivity index (χ4n) is 3.82. The Morgan fingerprint density at radius 2 is 1.97 bits per heavy atom. The third kappa shape index (κ3) is 4.18. The number of hydrogen-bond donors (Lipinski definition) is 0. The van der Waals surface area contributed by atoms with E-state index in [0.717, 1.165) is 16.6 Å². The summed E-state index contributed by atoms with van der Waals surface area (Å²) in [5.41, 5.74) is 3.20. The van der Waals surface area contributed by atoms with Crippen molar-refractivity contribution in [2.75, 3.05) is 13.7 Å². The zero-order valence-corrected chi connectivity index (χ0v) is 18.2. The van der Waals surface area contributed by atoms with Gasteiger partial charge in [-0.1, -0.05) is 24.3 Å². The van der Waals surface area contributed by atoms with Crippen LogP contribution in [0.2, 0.25) is 0 Å². The highest BCUT2D eigenvalue weighted by atomic mass is 19.1. The number of halogens is 1. The van der Waals surface area contributed by atoms with Crippen LogP contribution in [0, 0.1) is 23.1 Å². The molecule has 5 nitrogen and oxygen atoms in total. The molecule has 0 spiro atoms. The second-order valence-corrected chi connectivity index (χ2v) is 8.03. The van der Waals surface area contributed by atoms with Crippen LogP contribution < -0.4 is 9.47 Å². The summed E-state index contributed by atoms with van der Waals surface area (Å²) in [5.74, 6) is 2.13. The van der Waals surface area contributed by atoms with Crippen LogP contribution in [0.25, 0.3) is 28.9 Å². The van der Waals surface area contributed by atoms with Crippen LogP contribution in [0.1, 0.15) is 29.8 Å². The highest BCUT2D eigenvalue weighted by Crippen LogP contribution is 2.36. The molecule has 0 atom stereocenters. The number of rotatable bonds is 7. The largest absolute Gasteiger partial charge is 0.493 e. The van der Waals surface area contributed by atoms with Crippen molar-refractivity contribution in [3.8, 4) is 23.3 Å². The van der Waals surface area contributed by atoms with Crippen molar-refractivity contribution in [1.82, 2.24) is 9.55 Å². The van der Waals surface area contributed by atoms with E-state index in [1.807, 2.05) is 54.6 Å². The lowest BCUT2D eigenvalue weighted by Gasteiger charge is -2.13. The molecule has 1 aliphatic carbocycles. The predicted octanol–water partition coefficient (Wildman–Crippen LogP) is 6.00. The molecule has 0 N–H and O–H groups in total. The normalized spacial score (nSPS) is 13.4. The Balaban J connectivity index is 1.62. The van der Waals surface area contributed by atoms with Gasteiger partial charge in [-0.3, -0.25) is 4.57 Å². The second-order valence-electron chi connectivity index (χ2n) is 8.03. The Morgan fingerprint density at radius 1 is 1.12 bits per heavy atom. The van der Waals surface area contributed by atoms with Gasteiger partial charge in [0, 0.05) is 5.56 Å². The summed E-state index contributed by atoms with van der Waals surface area (Å²) in [5, 5.41) is 9.63. The summed E-state index contributed by atoms with van der Waals surface area (Å²) in [6, 6.07) is 19.6. The molecule has 6 heteroatoms. The van der Waals surface area contributed by atoms with Crippen molar-refractivity contribution >= 4 is 23.2 Å². The molecule has 1 saturated carbocycles. The van der Waals surface area contributed by atoms with E-state index in [0.29, 0.717) is 41.1 Å². The van der Waals surface area contributed by atoms with E-state index in [4.69, 9.17) is 14.5 Å². The van der Waals surface area contributed by atoms with E-state index in [1.165, 1.54) is 31.0 Å². The fraction of sp³-hybridized carbons (Fsp3) is 0.185. The van der Waals surface area contributed by atoms with Gasteiger partial charge in [-0.25, -0.2) is 9.37 Å². The topological polar surface area (TPSA) is 60.1 Å². The number of imidazole rings is 1. The lowest BCUT2D eigenvalue weighted by molar-refractivity contribution is 0.280. The smallest absolute Gasteiger partial charge is 0.168 e. The number of aromatic nitrogens is 2. The van der Waals surface area contributed by atoms with Crippen LogP contribution >= 0.6 is 0 Å². The minimum atomic E-state index is -0.416. The van der Waals surface area contributed by atoms with E-state index in [2.05, 4.69) is 6.07 Å². The molecule has 164 valence electrons. The number of ether oxygens (including phenoxy) is 2. The van der Waals surface area contributed by atoms with Crippen molar-refractivity contribution in [3.05, 3.63) is 83.4 Å². The third-order valence-corrected chi connectivity index (χ3v) is 5.71. The number of nitriles is 1. The van der Waals surface area contributed by atoms with Gasteiger partial charge in [-0.15, -0.1) is 0 Å². The SMILES string of the molecule is COc1cccc(/C=C/c2nc3ccccc3n2-c2cc(F)ccc2C#N)c1OCC1CC1. The molecule has 5 rings (SSSR count). The Bertz CT molecular complexity index is 1400. The Kier molecular flexibility index (Phi) is 5.54. The fourth-order valence-corrected chi connectivity index (χ4v) is 3.82. The molecule has 1 fully saturated rings. The van der Waals surface area contributed by atoms with E-state index < -0.39 is 5.82 Å². The summed E-state index contributed by atoms with van der Waals surface area (Å²) in [4.78, 5) is 4.74. The summed E-state index contributed by atoms with van der Waals surface area (Å²) in [6.45, 7) is 0.661. The molecular weight excluding hydrogens is 417 g/mol. The lowest BCUT2D eigenvalue weighted by atomic mass is 10.1. The average Bonchev–Trinajstić information content (AvgIpc) is 3.60. The van der Waals surface area contributed by atoms with Gasteiger partial charge in [0.05, 0.1) is 36.0 Å². The van der Waals surface area contributed by atoms with Gasteiger partial charge < -0.3 is 9.47 Å². The first kappa shape index (κ1) is 20.8. The van der Waals surface area contributed by atoms with E-state index >= 15 is 0 Å². The Morgan fingerprint density at radius 3 is 2.76 bits per heavy atom. The second kappa shape index (κ2) is 8.79. The maximum atomic E-state index is 14.2. The lowest BCUT2D eigenvalue weighted by Crippen LogP contribution is -2.03. The van der Waals surface area contributed by atoms with Gasteiger partial charge >= 0.3 is 0 Å². The number of para-hydroxylation sites is 3. The van der Waals surface area contributed by atoms with Crippen LogP contribution in [0.15, 0.2) is 60.7 Å². The molecule has 0 saturated heterocycles. The minimum Gasteiger partial charge on any atom is -0.493 e. The highest BCUT2D eigenvalue weighted by molar-refractivity contribution is 5.83. The molecule has 0 bridgehead atoms. The van der Waals surface area contributed by atoms with Crippen molar-refractivity contribution < 1.29 is 13.9 Å². The highest BCUT2D eigenvalue weighted by Gasteiger charge is 2.23. The number of hydrogen-bond acceptors (Lipinski definition) is 4. The quantitative estimate of drug-likeness (QED) is 0.354. The van der Waals surface area contributed by atoms with Crippen LogP contribution in [0.3, 0.4) is 0 Å². The van der Waals surface area contributed by atoms with Crippen LogP contribution in [-0.4, -0.2) is 23.3 Å². The van der Waals surface area contributed by atoms with Crippen LogP contribution in [-0.2, 0) is 0 Å². The van der Waals surface area contributed by atoms with Gasteiger partial charge in [0.1, 0.15) is 17.7 Å². The molecular formula is C27H22FN3O2.